The number of β-lactam (4-membered cyclic amide) rings is 1. The average molecular weight is 520 g/mol. The van der Waals surface area contributed by atoms with E-state index in [1.165, 1.54) is 39.8 Å². The van der Waals surface area contributed by atoms with Crippen LogP contribution in [0.15, 0.2) is 21.8 Å². The molecule has 0 aliphatic carbocycles. The molecule has 2 aliphatic heterocycles. The number of thiazole rings is 1. The van der Waals surface area contributed by atoms with Gasteiger partial charge in [0.05, 0.1) is 23.8 Å². The fourth-order valence-corrected chi connectivity index (χ4v) is 6.31. The van der Waals surface area contributed by atoms with Crippen LogP contribution in [0.4, 0.5) is 5.13 Å². The molecule has 4 N–H and O–H groups in total. The Labute approximate surface area is 222 Å². The molecular weight excluding hydrogens is 501 g/mol. The number of fused-ring (bicyclic) bond motifs is 1. The Bertz CT molecular complexity index is 1120. The first-order valence-corrected chi connectivity index (χ1v) is 12.2. The largest absolute Gasteiger partial charge is 1.00 e. The Morgan fingerprint density at radius 3 is 2.79 bits per heavy atom. The Kier molecular flexibility index (Phi) is 8.47. The molecule has 16 heteroatoms. The van der Waals surface area contributed by atoms with Crippen molar-refractivity contribution in [1.29, 1.82) is 0 Å². The SMILES string of the molecule is Cn1c(CO)nnc1SCC1=C(C(=O)[O-])N2C(=O)C(NC(=O)Cc3csc(N)n3)[C@@H]2SC1.[Na+]. The van der Waals surface area contributed by atoms with Crippen LogP contribution in [0.25, 0.3) is 0 Å². The number of amides is 2. The summed E-state index contributed by atoms with van der Waals surface area (Å²) in [6, 6.07) is -0.821. The molecule has 0 saturated carbocycles. The van der Waals surface area contributed by atoms with Crippen molar-refractivity contribution in [3.8, 4) is 0 Å². The maximum Gasteiger partial charge on any atom is 1.00 e. The van der Waals surface area contributed by atoms with Gasteiger partial charge in [0.2, 0.25) is 5.91 Å². The van der Waals surface area contributed by atoms with Gasteiger partial charge in [0.25, 0.3) is 5.91 Å². The number of hydrogen-bond acceptors (Lipinski definition) is 12. The summed E-state index contributed by atoms with van der Waals surface area (Å²) < 4.78 is 1.61. The molecule has 33 heavy (non-hydrogen) atoms. The monoisotopic (exact) mass is 519 g/mol. The number of rotatable bonds is 8. The molecule has 2 aliphatic rings. The molecule has 12 nitrogen and oxygen atoms in total. The van der Waals surface area contributed by atoms with E-state index < -0.39 is 29.2 Å². The second-order valence-electron chi connectivity index (χ2n) is 6.95. The first-order valence-electron chi connectivity index (χ1n) is 9.29. The summed E-state index contributed by atoms with van der Waals surface area (Å²) in [5.41, 5.74) is 6.41. The van der Waals surface area contributed by atoms with Crippen molar-refractivity contribution in [1.82, 2.24) is 30.0 Å². The Morgan fingerprint density at radius 2 is 2.18 bits per heavy atom. The summed E-state index contributed by atoms with van der Waals surface area (Å²) in [4.78, 5) is 42.0. The molecule has 1 fully saturated rings. The van der Waals surface area contributed by atoms with E-state index in [1.807, 2.05) is 0 Å². The van der Waals surface area contributed by atoms with Crippen LogP contribution in [0.3, 0.4) is 0 Å². The van der Waals surface area contributed by atoms with Crippen molar-refractivity contribution < 1.29 is 54.2 Å². The molecule has 2 aromatic heterocycles. The molecule has 4 heterocycles. The van der Waals surface area contributed by atoms with Crippen LogP contribution in [-0.2, 0) is 34.5 Å². The minimum absolute atomic E-state index is 0. The Balaban J connectivity index is 0.00000306. The van der Waals surface area contributed by atoms with E-state index in [-0.39, 0.29) is 54.0 Å². The fraction of sp³-hybridized carbons (Fsp3) is 0.412. The number of aliphatic hydroxyl groups excluding tert-OH is 1. The molecule has 2 atom stereocenters. The second-order valence-corrected chi connectivity index (χ2v) is 9.89. The number of anilines is 1. The van der Waals surface area contributed by atoms with Gasteiger partial charge in [-0.15, -0.1) is 33.3 Å². The van der Waals surface area contributed by atoms with Crippen LogP contribution < -0.4 is 45.7 Å². The van der Waals surface area contributed by atoms with Crippen molar-refractivity contribution in [2.24, 2.45) is 7.05 Å². The number of carboxylic acids is 1. The van der Waals surface area contributed by atoms with E-state index >= 15 is 0 Å². The van der Waals surface area contributed by atoms with Crippen LogP contribution in [0.2, 0.25) is 0 Å². The number of carboxylic acid groups (broad SMARTS) is 1. The first-order chi connectivity index (χ1) is 15.3. The number of nitrogens with one attached hydrogen (secondary N) is 1. The first kappa shape index (κ1) is 26.0. The molecule has 170 valence electrons. The van der Waals surface area contributed by atoms with Crippen molar-refractivity contribution >= 4 is 57.8 Å². The molecule has 2 aromatic rings. The predicted molar refractivity (Wildman–Crippen MR) is 115 cm³/mol. The number of nitrogens with two attached hydrogens (primary N) is 1. The van der Waals surface area contributed by atoms with E-state index in [0.29, 0.717) is 33.1 Å². The molecule has 0 aromatic carbocycles. The Hall–Kier alpha value is -1.62. The second kappa shape index (κ2) is 10.8. The van der Waals surface area contributed by atoms with Crippen molar-refractivity contribution in [2.75, 3.05) is 17.2 Å². The number of nitrogen functional groups attached to an aromatic ring is 1. The van der Waals surface area contributed by atoms with E-state index in [9.17, 15) is 24.6 Å². The van der Waals surface area contributed by atoms with Crippen LogP contribution in [0.5, 0.6) is 0 Å². The molecular formula is C17H18N7NaO5S3. The maximum absolute atomic E-state index is 12.7. The van der Waals surface area contributed by atoms with Gasteiger partial charge in [0.1, 0.15) is 18.0 Å². The average Bonchev–Trinajstić information content (AvgIpc) is 3.33. The molecule has 1 saturated heterocycles. The van der Waals surface area contributed by atoms with Gasteiger partial charge in [-0.05, 0) is 5.57 Å². The summed E-state index contributed by atoms with van der Waals surface area (Å²) in [5.74, 6) is -1.35. The topological polar surface area (TPSA) is 179 Å². The third-order valence-corrected chi connectivity index (χ3v) is 8.08. The number of nitrogens with zero attached hydrogens (tertiary/aromatic N) is 5. The third-order valence-electron chi connectivity index (χ3n) is 4.91. The fourth-order valence-electron chi connectivity index (χ4n) is 3.34. The smallest absolute Gasteiger partial charge is 0.543 e. The van der Waals surface area contributed by atoms with Gasteiger partial charge in [-0.25, -0.2) is 4.98 Å². The molecule has 4 rings (SSSR count). The van der Waals surface area contributed by atoms with Crippen molar-refractivity contribution in [3.05, 3.63) is 28.2 Å². The van der Waals surface area contributed by atoms with Gasteiger partial charge in [-0.1, -0.05) is 11.8 Å². The maximum atomic E-state index is 12.7. The molecule has 2 amide bonds. The minimum Gasteiger partial charge on any atom is -0.543 e. The standard InChI is InChI=1S/C17H19N7O5S3.Na/c1-23-9(3-25)21-22-17(23)32-5-7-4-30-14-11(13(27)24(14)12(7)15(28)29)20-10(26)2-8-6-31-16(18)19-8;/h6,11,14,25H,2-5H2,1H3,(H2,18,19)(H,20,26)(H,28,29);/q;+1/p-1/t11?,14-;/m0./s1. The Morgan fingerprint density at radius 1 is 1.42 bits per heavy atom. The normalized spacial score (nSPS) is 19.6. The number of aliphatic carboxylic acids is 1. The summed E-state index contributed by atoms with van der Waals surface area (Å²) in [5, 5.41) is 33.5. The van der Waals surface area contributed by atoms with Crippen LogP contribution in [0, 0.1) is 0 Å². The molecule has 1 unspecified atom stereocenters. The van der Waals surface area contributed by atoms with Gasteiger partial charge >= 0.3 is 29.6 Å². The zero-order valence-electron chi connectivity index (χ0n) is 17.7. The number of carbonyl (C=O) groups excluding carboxylic acids is 3. The summed E-state index contributed by atoms with van der Waals surface area (Å²) >= 11 is 3.83. The molecule has 0 spiro atoms. The number of aromatic nitrogens is 4. The van der Waals surface area contributed by atoms with Gasteiger partial charge in [-0.3, -0.25) is 14.5 Å². The van der Waals surface area contributed by atoms with Gasteiger partial charge in [-0.2, -0.15) is 0 Å². The van der Waals surface area contributed by atoms with Gasteiger partial charge < -0.3 is 30.6 Å². The number of thioether (sulfide) groups is 2. The van der Waals surface area contributed by atoms with E-state index in [1.54, 1.807) is 17.0 Å². The number of hydrogen-bond donors (Lipinski definition) is 3. The quantitative estimate of drug-likeness (QED) is 0.173. The van der Waals surface area contributed by atoms with Crippen molar-refractivity contribution in [3.63, 3.8) is 0 Å². The van der Waals surface area contributed by atoms with Gasteiger partial charge in [0.15, 0.2) is 16.1 Å². The minimum atomic E-state index is -1.45. The molecule has 0 bridgehead atoms. The summed E-state index contributed by atoms with van der Waals surface area (Å²) in [6.45, 7) is -0.264. The van der Waals surface area contributed by atoms with Crippen LogP contribution >= 0.6 is 34.9 Å². The predicted octanol–water partition coefficient (Wildman–Crippen LogP) is -4.91. The van der Waals surface area contributed by atoms with E-state index in [2.05, 4.69) is 20.5 Å². The summed E-state index contributed by atoms with van der Waals surface area (Å²) in [7, 11) is 1.69. The third kappa shape index (κ3) is 5.23. The van der Waals surface area contributed by atoms with Crippen LogP contribution in [-0.4, -0.2) is 70.5 Å². The molecule has 0 radical (unpaired) electrons. The van der Waals surface area contributed by atoms with E-state index in [4.69, 9.17) is 5.73 Å². The van der Waals surface area contributed by atoms with E-state index in [0.717, 1.165) is 0 Å². The van der Waals surface area contributed by atoms with Gasteiger partial charge in [0, 0.05) is 23.9 Å². The zero-order valence-corrected chi connectivity index (χ0v) is 22.1. The van der Waals surface area contributed by atoms with Crippen LogP contribution in [0.1, 0.15) is 11.5 Å². The van der Waals surface area contributed by atoms with Crippen molar-refractivity contribution in [2.45, 2.75) is 29.6 Å². The summed E-state index contributed by atoms with van der Waals surface area (Å²) in [6.07, 6.45) is -0.0204. The number of carbonyl (C=O) groups is 3. The zero-order chi connectivity index (χ0) is 23.0. The number of aliphatic hydroxyl groups is 1.